The minimum atomic E-state index is -1.01. The standard InChI is InChI=1S/C25H34N6O7/c1-6-27-23(34)17-9-8-14(3)19(10-17)31(25(36)38-13-37-20(33)12-32)22(30-16(5)26)21-15(4)18(11-29-21)24(35)28-7-2/h8-11,16,29,32H,6-7,12-13,26H2,1-5H3,(H,27,34)(H,28,35)/b30-22+. The van der Waals surface area contributed by atoms with Gasteiger partial charge < -0.3 is 35.9 Å². The second kappa shape index (κ2) is 13.9. The number of nitrogens with two attached hydrogens (primary N) is 1. The molecular weight excluding hydrogens is 496 g/mol. The monoisotopic (exact) mass is 530 g/mol. The number of carbonyl (C=O) groups excluding carboxylic acids is 4. The van der Waals surface area contributed by atoms with E-state index in [-0.39, 0.29) is 28.9 Å². The molecule has 13 heteroatoms. The Bertz CT molecular complexity index is 1200. The Hall–Kier alpha value is -4.23. The predicted molar refractivity (Wildman–Crippen MR) is 140 cm³/mol. The Morgan fingerprint density at radius 3 is 2.37 bits per heavy atom. The number of aliphatic hydroxyl groups excluding tert-OH is 1. The van der Waals surface area contributed by atoms with Gasteiger partial charge in [0.05, 0.1) is 23.1 Å². The number of benzene rings is 1. The Kier molecular flexibility index (Phi) is 11.0. The van der Waals surface area contributed by atoms with Gasteiger partial charge in [-0.1, -0.05) is 6.07 Å². The molecule has 0 saturated carbocycles. The van der Waals surface area contributed by atoms with Crippen molar-refractivity contribution in [1.82, 2.24) is 15.6 Å². The van der Waals surface area contributed by atoms with Gasteiger partial charge in [-0.2, -0.15) is 0 Å². The number of nitrogens with zero attached hydrogens (tertiary/aromatic N) is 2. The molecule has 0 aliphatic carbocycles. The lowest BCUT2D eigenvalue weighted by atomic mass is 10.1. The molecular formula is C25H34N6O7. The van der Waals surface area contributed by atoms with E-state index in [1.165, 1.54) is 12.3 Å². The first-order chi connectivity index (χ1) is 18.0. The van der Waals surface area contributed by atoms with Gasteiger partial charge in [-0.05, 0) is 57.9 Å². The fourth-order valence-corrected chi connectivity index (χ4v) is 3.46. The molecule has 0 saturated heterocycles. The number of aryl methyl sites for hydroxylation is 1. The van der Waals surface area contributed by atoms with Crippen molar-refractivity contribution in [2.24, 2.45) is 10.7 Å². The number of H-pyrrole nitrogens is 1. The first kappa shape index (κ1) is 30.0. The highest BCUT2D eigenvalue weighted by Crippen LogP contribution is 2.27. The Balaban J connectivity index is 2.71. The van der Waals surface area contributed by atoms with Gasteiger partial charge in [-0.25, -0.2) is 19.5 Å². The van der Waals surface area contributed by atoms with Crippen molar-refractivity contribution < 1.29 is 33.8 Å². The highest BCUT2D eigenvalue weighted by Gasteiger charge is 2.30. The van der Waals surface area contributed by atoms with E-state index < -0.39 is 31.6 Å². The van der Waals surface area contributed by atoms with Crippen molar-refractivity contribution in [1.29, 1.82) is 0 Å². The number of aliphatic imine (C=N–C) groups is 1. The molecule has 0 fully saturated rings. The van der Waals surface area contributed by atoms with Crippen LogP contribution in [0.5, 0.6) is 0 Å². The van der Waals surface area contributed by atoms with Crippen LogP contribution in [0.2, 0.25) is 0 Å². The zero-order valence-electron chi connectivity index (χ0n) is 22.1. The molecule has 0 aliphatic rings. The molecule has 1 aromatic carbocycles. The summed E-state index contributed by atoms with van der Waals surface area (Å²) in [6.45, 7) is 7.68. The third-order valence-electron chi connectivity index (χ3n) is 5.25. The predicted octanol–water partition coefficient (Wildman–Crippen LogP) is 1.32. The molecule has 1 unspecified atom stereocenters. The van der Waals surface area contributed by atoms with Crippen molar-refractivity contribution in [2.75, 3.05) is 31.4 Å². The molecule has 1 aromatic heterocycles. The summed E-state index contributed by atoms with van der Waals surface area (Å²) in [5.41, 5.74) is 8.20. The van der Waals surface area contributed by atoms with Gasteiger partial charge in [0.25, 0.3) is 11.8 Å². The van der Waals surface area contributed by atoms with Crippen molar-refractivity contribution >= 4 is 35.4 Å². The van der Waals surface area contributed by atoms with E-state index in [0.29, 0.717) is 35.5 Å². The number of rotatable bonds is 10. The van der Waals surface area contributed by atoms with Crippen LogP contribution < -0.4 is 21.3 Å². The molecule has 6 N–H and O–H groups in total. The highest BCUT2D eigenvalue weighted by molar-refractivity contribution is 6.23. The van der Waals surface area contributed by atoms with Crippen LogP contribution in [0.3, 0.4) is 0 Å². The number of aromatic nitrogens is 1. The van der Waals surface area contributed by atoms with Gasteiger partial charge in [0, 0.05) is 24.8 Å². The molecule has 0 radical (unpaired) electrons. The van der Waals surface area contributed by atoms with E-state index in [9.17, 15) is 19.2 Å². The van der Waals surface area contributed by atoms with Crippen LogP contribution in [0.4, 0.5) is 10.5 Å². The van der Waals surface area contributed by atoms with Crippen LogP contribution in [-0.4, -0.2) is 72.5 Å². The number of aliphatic hydroxyl groups is 1. The number of hydrogen-bond acceptors (Lipinski definition) is 9. The average Bonchev–Trinajstić information content (AvgIpc) is 3.25. The number of carbonyl (C=O) groups is 4. The van der Waals surface area contributed by atoms with Crippen LogP contribution in [-0.2, 0) is 14.3 Å². The quantitative estimate of drug-likeness (QED) is 0.132. The first-order valence-electron chi connectivity index (χ1n) is 12.0. The molecule has 38 heavy (non-hydrogen) atoms. The molecule has 1 atom stereocenters. The lowest BCUT2D eigenvalue weighted by Crippen LogP contribution is -2.41. The Morgan fingerprint density at radius 2 is 1.76 bits per heavy atom. The van der Waals surface area contributed by atoms with Crippen LogP contribution in [0.15, 0.2) is 29.4 Å². The number of ether oxygens (including phenoxy) is 2. The molecule has 2 rings (SSSR count). The molecule has 1 heterocycles. The number of hydrogen-bond donors (Lipinski definition) is 5. The van der Waals surface area contributed by atoms with Gasteiger partial charge in [-0.3, -0.25) is 9.59 Å². The maximum atomic E-state index is 13.5. The molecule has 206 valence electrons. The fraction of sp³-hybridized carbons (Fsp3) is 0.400. The van der Waals surface area contributed by atoms with Crippen LogP contribution in [0.1, 0.15) is 58.3 Å². The Labute approximate surface area is 220 Å². The minimum absolute atomic E-state index is 0.00248. The number of nitrogens with one attached hydrogen (secondary N) is 3. The number of amidine groups is 1. The van der Waals surface area contributed by atoms with Gasteiger partial charge >= 0.3 is 12.1 Å². The molecule has 0 bridgehead atoms. The third-order valence-corrected chi connectivity index (χ3v) is 5.25. The second-order valence-electron chi connectivity index (χ2n) is 8.15. The molecule has 0 aliphatic heterocycles. The topological polar surface area (TPSA) is 188 Å². The maximum Gasteiger partial charge on any atom is 0.423 e. The smallest absolute Gasteiger partial charge is 0.423 e. The summed E-state index contributed by atoms with van der Waals surface area (Å²) >= 11 is 0. The summed E-state index contributed by atoms with van der Waals surface area (Å²) in [6, 6.07) is 4.74. The summed E-state index contributed by atoms with van der Waals surface area (Å²) < 4.78 is 9.84. The number of esters is 1. The molecule has 2 aromatic rings. The lowest BCUT2D eigenvalue weighted by Gasteiger charge is -2.26. The fourth-order valence-electron chi connectivity index (χ4n) is 3.46. The van der Waals surface area contributed by atoms with Gasteiger partial charge in [0.15, 0.2) is 5.84 Å². The maximum absolute atomic E-state index is 13.5. The van der Waals surface area contributed by atoms with Crippen molar-refractivity contribution in [3.8, 4) is 0 Å². The summed E-state index contributed by atoms with van der Waals surface area (Å²) in [6.07, 6.45) is -0.327. The average molecular weight is 531 g/mol. The summed E-state index contributed by atoms with van der Waals surface area (Å²) in [5.74, 6) is -1.68. The van der Waals surface area contributed by atoms with E-state index >= 15 is 0 Å². The van der Waals surface area contributed by atoms with Gasteiger partial charge in [0.1, 0.15) is 6.61 Å². The van der Waals surface area contributed by atoms with E-state index in [2.05, 4.69) is 25.3 Å². The van der Waals surface area contributed by atoms with Crippen LogP contribution in [0.25, 0.3) is 0 Å². The van der Waals surface area contributed by atoms with E-state index in [1.807, 2.05) is 0 Å². The number of aromatic amines is 1. The highest BCUT2D eigenvalue weighted by atomic mass is 16.7. The van der Waals surface area contributed by atoms with Gasteiger partial charge in [-0.15, -0.1) is 0 Å². The molecule has 0 spiro atoms. The third kappa shape index (κ3) is 7.40. The normalized spacial score (nSPS) is 11.9. The van der Waals surface area contributed by atoms with Gasteiger partial charge in [0.2, 0.25) is 6.79 Å². The Morgan fingerprint density at radius 1 is 1.11 bits per heavy atom. The summed E-state index contributed by atoms with van der Waals surface area (Å²) in [5, 5.41) is 14.3. The van der Waals surface area contributed by atoms with E-state index in [4.69, 9.17) is 15.6 Å². The minimum Gasteiger partial charge on any atom is -0.426 e. The molecule has 3 amide bonds. The van der Waals surface area contributed by atoms with Crippen molar-refractivity contribution in [3.63, 3.8) is 0 Å². The number of amides is 3. The van der Waals surface area contributed by atoms with E-state index in [1.54, 1.807) is 46.8 Å². The van der Waals surface area contributed by atoms with E-state index in [0.717, 1.165) is 4.90 Å². The zero-order valence-corrected chi connectivity index (χ0v) is 22.1. The zero-order chi connectivity index (χ0) is 28.4. The van der Waals surface area contributed by atoms with Crippen LogP contribution in [0, 0.1) is 13.8 Å². The SMILES string of the molecule is CCNC(=O)c1ccc(C)c(N(C(=O)OCOC(=O)CO)/C(=N/C(C)N)c2[nH]cc(C(=O)NCC)c2C)c1. The second-order valence-corrected chi connectivity index (χ2v) is 8.15. The van der Waals surface area contributed by atoms with Crippen LogP contribution >= 0.6 is 0 Å². The van der Waals surface area contributed by atoms with Crippen molar-refractivity contribution in [2.45, 2.75) is 40.8 Å². The summed E-state index contributed by atoms with van der Waals surface area (Å²) in [4.78, 5) is 58.4. The molecule has 13 nitrogen and oxygen atoms in total. The largest absolute Gasteiger partial charge is 0.426 e. The summed E-state index contributed by atoms with van der Waals surface area (Å²) in [7, 11) is 0. The first-order valence-corrected chi connectivity index (χ1v) is 12.0. The number of anilines is 1. The lowest BCUT2D eigenvalue weighted by molar-refractivity contribution is -0.154. The van der Waals surface area contributed by atoms with Crippen molar-refractivity contribution in [3.05, 3.63) is 52.3 Å².